The Labute approximate surface area is 388 Å². The van der Waals surface area contributed by atoms with Crippen molar-refractivity contribution in [2.24, 2.45) is 17.8 Å². The minimum atomic E-state index is -5.12. The van der Waals surface area contributed by atoms with E-state index in [1.165, 1.54) is 21.0 Å². The quantitative estimate of drug-likeness (QED) is 0.166. The van der Waals surface area contributed by atoms with Gasteiger partial charge in [-0.1, -0.05) is 26.0 Å². The number of hydrogen-bond donors (Lipinski definition) is 3. The lowest BCUT2D eigenvalue weighted by atomic mass is 9.85. The predicted molar refractivity (Wildman–Crippen MR) is 241 cm³/mol. The molecular weight excluding hydrogens is 898 g/mol. The maximum atomic E-state index is 15.3. The van der Waals surface area contributed by atoms with Crippen LogP contribution in [-0.2, 0) is 24.4 Å². The molecule has 4 amide bonds. The number of methoxy groups -OCH3 is 1. The van der Waals surface area contributed by atoms with Gasteiger partial charge in [0.25, 0.3) is 5.91 Å². The van der Waals surface area contributed by atoms with Gasteiger partial charge in [-0.15, -0.1) is 0 Å². The second kappa shape index (κ2) is 18.1. The highest BCUT2D eigenvalue weighted by Gasteiger charge is 2.64. The van der Waals surface area contributed by atoms with Crippen LogP contribution in [0.15, 0.2) is 54.7 Å². The van der Waals surface area contributed by atoms with E-state index in [1.54, 1.807) is 54.7 Å². The summed E-state index contributed by atoms with van der Waals surface area (Å²) in [6.07, 6.45) is -1.66. The molecule has 0 spiro atoms. The molecule has 0 radical (unpaired) electrons. The van der Waals surface area contributed by atoms with Crippen molar-refractivity contribution in [3.63, 3.8) is 0 Å². The van der Waals surface area contributed by atoms with Crippen LogP contribution in [0.5, 0.6) is 17.5 Å². The zero-order valence-corrected chi connectivity index (χ0v) is 39.7. The number of halogens is 3. The average Bonchev–Trinajstić information content (AvgIpc) is 4.13. The number of carbonyl (C=O) groups is 4. The number of alkyl halides is 3. The van der Waals surface area contributed by atoms with Crippen LogP contribution >= 0.6 is 0 Å². The van der Waals surface area contributed by atoms with Gasteiger partial charge in [0.05, 0.1) is 30.2 Å². The minimum absolute atomic E-state index is 0.0290. The SMILES string of the molecule is COc1ccc2c(O[C@@H]3C[C@H]4C(=O)N[C@]5(C(=O)NS(=O)(=O)C6(C)CC6)C[C@H]5C=CCC[C@@H](C)C[C@@H](C)[C@H](N(C(=O)O)C(C)(C)C(F)(F)F)C(=O)N4C3)nc(-c3ccc(OC(C)C)nc3)cc2c1. The van der Waals surface area contributed by atoms with Crippen LogP contribution in [0.3, 0.4) is 0 Å². The van der Waals surface area contributed by atoms with E-state index in [0.717, 1.165) is 4.90 Å². The Morgan fingerprint density at radius 3 is 2.40 bits per heavy atom. The topological polar surface area (TPSA) is 207 Å². The summed E-state index contributed by atoms with van der Waals surface area (Å²) in [4.78, 5) is 67.7. The standard InChI is InChI=1S/C47H59F3N6O10S/c1-26(2)65-37-16-13-29(24-51-37)35-21-30-20-32(64-8)14-15-34(30)40(52-35)66-33-22-36-39(57)53-46(42(59)54-67(62,63)45(7)17-18-45)23-31(46)12-10-9-11-27(3)19-28(4)38(41(58)55(36)25-33)56(43(60)61)44(5,6)47(48,49)50/h10,12-16,20-21,24,26-28,31,33,36,38H,9,11,17-19,22-23,25H2,1-8H3,(H,53,57)(H,54,59)(H,60,61)/t27-,28-,31-,33-,36+,38+,46-/m1/s1. The van der Waals surface area contributed by atoms with Gasteiger partial charge >= 0.3 is 12.3 Å². The molecule has 0 unspecified atom stereocenters. The average molecular weight is 957 g/mol. The number of carboxylic acid groups (broad SMARTS) is 1. The fourth-order valence-corrected chi connectivity index (χ4v) is 10.5. The highest BCUT2D eigenvalue weighted by Crippen LogP contribution is 2.48. The van der Waals surface area contributed by atoms with Crippen molar-refractivity contribution < 1.29 is 60.1 Å². The molecule has 20 heteroatoms. The van der Waals surface area contributed by atoms with E-state index < -0.39 is 92.4 Å². The lowest BCUT2D eigenvalue weighted by Crippen LogP contribution is -2.66. The molecule has 3 fully saturated rings. The Bertz CT molecular complexity index is 2550. The number of nitrogens with one attached hydrogen (secondary N) is 2. The Balaban J connectivity index is 1.31. The number of nitrogens with zero attached hydrogens (tertiary/aromatic N) is 4. The molecule has 67 heavy (non-hydrogen) atoms. The smallest absolute Gasteiger partial charge is 0.411 e. The molecule has 3 aromatic rings. The third-order valence-corrected chi connectivity index (χ3v) is 15.8. The Morgan fingerprint density at radius 2 is 1.79 bits per heavy atom. The van der Waals surface area contributed by atoms with E-state index in [2.05, 4.69) is 15.0 Å². The van der Waals surface area contributed by atoms with Gasteiger partial charge in [-0.2, -0.15) is 13.2 Å². The first-order valence-corrected chi connectivity index (χ1v) is 24.0. The van der Waals surface area contributed by atoms with Crippen molar-refractivity contribution in [2.75, 3.05) is 13.7 Å². The fraction of sp³-hybridized carbons (Fsp3) is 0.574. The summed E-state index contributed by atoms with van der Waals surface area (Å²) in [5, 5.41) is 14.5. The lowest BCUT2D eigenvalue weighted by molar-refractivity contribution is -0.222. The van der Waals surface area contributed by atoms with Crippen molar-refractivity contribution in [3.8, 4) is 28.8 Å². The van der Waals surface area contributed by atoms with Crippen molar-refractivity contribution in [1.29, 1.82) is 0 Å². The molecule has 2 aliphatic heterocycles. The highest BCUT2D eigenvalue weighted by atomic mass is 32.2. The summed E-state index contributed by atoms with van der Waals surface area (Å²) in [6.45, 7) is 9.60. The van der Waals surface area contributed by atoms with Gasteiger partial charge in [-0.25, -0.2) is 23.2 Å². The molecule has 0 bridgehead atoms. The van der Waals surface area contributed by atoms with Crippen LogP contribution in [0, 0.1) is 17.8 Å². The number of benzene rings is 1. The van der Waals surface area contributed by atoms with E-state index >= 15 is 4.79 Å². The van der Waals surface area contributed by atoms with Crippen molar-refractivity contribution in [3.05, 3.63) is 54.7 Å². The molecule has 1 aromatic carbocycles. The number of carbonyl (C=O) groups excluding carboxylic acids is 3. The Kier molecular flexibility index (Phi) is 13.3. The number of amides is 4. The largest absolute Gasteiger partial charge is 0.497 e. The lowest BCUT2D eigenvalue weighted by Gasteiger charge is -2.45. The molecule has 7 atom stereocenters. The second-order valence-electron chi connectivity index (χ2n) is 19.6. The third-order valence-electron chi connectivity index (χ3n) is 13.7. The van der Waals surface area contributed by atoms with E-state index in [4.69, 9.17) is 19.2 Å². The first kappa shape index (κ1) is 49.3. The van der Waals surface area contributed by atoms with Gasteiger partial charge in [-0.3, -0.25) is 24.0 Å². The molecule has 4 heterocycles. The number of ether oxygens (including phenoxy) is 3. The number of sulfonamides is 1. The molecule has 3 N–H and O–H groups in total. The van der Waals surface area contributed by atoms with Crippen molar-refractivity contribution in [2.45, 2.75) is 140 Å². The molecular formula is C47H59F3N6O10S. The van der Waals surface area contributed by atoms with E-state index in [-0.39, 0.29) is 42.1 Å². The first-order chi connectivity index (χ1) is 31.3. The monoisotopic (exact) mass is 956 g/mol. The van der Waals surface area contributed by atoms with Crippen LogP contribution in [-0.4, -0.2) is 117 Å². The van der Waals surface area contributed by atoms with Crippen LogP contribution in [0.4, 0.5) is 18.0 Å². The molecule has 364 valence electrons. The van der Waals surface area contributed by atoms with Crippen LogP contribution in [0.1, 0.15) is 93.4 Å². The number of allylic oxidation sites excluding steroid dienone is 1. The Hall–Kier alpha value is -5.66. The minimum Gasteiger partial charge on any atom is -0.497 e. The van der Waals surface area contributed by atoms with E-state index in [0.29, 0.717) is 73.2 Å². The number of pyridine rings is 2. The zero-order valence-electron chi connectivity index (χ0n) is 38.8. The molecule has 1 saturated heterocycles. The van der Waals surface area contributed by atoms with Crippen molar-refractivity contribution in [1.82, 2.24) is 29.8 Å². The van der Waals surface area contributed by atoms with E-state index in [9.17, 15) is 41.1 Å². The van der Waals surface area contributed by atoms with Gasteiger partial charge in [0.2, 0.25) is 33.6 Å². The van der Waals surface area contributed by atoms with Gasteiger partial charge in [0.15, 0.2) is 0 Å². The van der Waals surface area contributed by atoms with Gasteiger partial charge in [0.1, 0.15) is 35.0 Å². The molecule has 16 nitrogen and oxygen atoms in total. The number of rotatable bonds is 11. The fourth-order valence-electron chi connectivity index (χ4n) is 9.15. The number of fused-ring (bicyclic) bond motifs is 3. The summed E-state index contributed by atoms with van der Waals surface area (Å²) in [5.41, 5.74) is -3.81. The van der Waals surface area contributed by atoms with Gasteiger partial charge < -0.3 is 29.5 Å². The van der Waals surface area contributed by atoms with Crippen molar-refractivity contribution >= 4 is 44.6 Å². The molecule has 2 aliphatic carbocycles. The maximum absolute atomic E-state index is 15.3. The Morgan fingerprint density at radius 1 is 1.07 bits per heavy atom. The number of aromatic nitrogens is 2. The van der Waals surface area contributed by atoms with Crippen LogP contribution < -0.4 is 24.2 Å². The zero-order chi connectivity index (χ0) is 49.0. The van der Waals surface area contributed by atoms with Gasteiger partial charge in [0, 0.05) is 35.6 Å². The summed E-state index contributed by atoms with van der Waals surface area (Å²) >= 11 is 0. The first-order valence-electron chi connectivity index (χ1n) is 22.5. The number of hydrogen-bond acceptors (Lipinski definition) is 11. The summed E-state index contributed by atoms with van der Waals surface area (Å²) in [7, 11) is -2.65. The normalized spacial score (nSPS) is 26.7. The highest BCUT2D eigenvalue weighted by molar-refractivity contribution is 7.91. The summed E-state index contributed by atoms with van der Waals surface area (Å²) in [5.74, 6) is -3.78. The summed E-state index contributed by atoms with van der Waals surface area (Å²) in [6, 6.07) is 6.95. The second-order valence-corrected chi connectivity index (χ2v) is 21.8. The van der Waals surface area contributed by atoms with Gasteiger partial charge in [-0.05, 0) is 121 Å². The van der Waals surface area contributed by atoms with Crippen LogP contribution in [0.2, 0.25) is 0 Å². The predicted octanol–water partition coefficient (Wildman–Crippen LogP) is 7.02. The molecule has 7 rings (SSSR count). The third kappa shape index (κ3) is 9.86. The van der Waals surface area contributed by atoms with Crippen LogP contribution in [0.25, 0.3) is 22.0 Å². The molecule has 2 saturated carbocycles. The molecule has 4 aliphatic rings. The molecule has 2 aromatic heterocycles. The maximum Gasteiger partial charge on any atom is 0.411 e. The van der Waals surface area contributed by atoms with E-state index in [1.807, 2.05) is 20.8 Å². The summed E-state index contributed by atoms with van der Waals surface area (Å²) < 4.78 is 90.2.